The number of unbranched alkanes of at least 4 members (excludes halogenated alkanes) is 10. The number of aliphatic hydroxyl groups is 3. The molecule has 0 bridgehead atoms. The Morgan fingerprint density at radius 3 is 1.81 bits per heavy atom. The molecule has 0 spiro atoms. The molecule has 3 N–H and O–H groups in total. The van der Waals surface area contributed by atoms with E-state index in [0.29, 0.717) is 6.42 Å². The summed E-state index contributed by atoms with van der Waals surface area (Å²) in [5.41, 5.74) is 0. The van der Waals surface area contributed by atoms with Gasteiger partial charge in [0.2, 0.25) is 0 Å². The van der Waals surface area contributed by atoms with Gasteiger partial charge in [0.1, 0.15) is 18.8 Å². The predicted octanol–water partition coefficient (Wildman–Crippen LogP) is 3.35. The van der Waals surface area contributed by atoms with Gasteiger partial charge in [0.05, 0.1) is 19.3 Å². The lowest BCUT2D eigenvalue weighted by atomic mass is 10.1. The SMILES string of the molecule is CCCCCCCCCCCCCC(=O)OC[C@@H](O)COC[C@@H](O)[C@H](C)O. The molecule has 0 amide bonds. The van der Waals surface area contributed by atoms with Crippen LogP contribution in [0.25, 0.3) is 0 Å². The topological polar surface area (TPSA) is 96.2 Å². The number of rotatable bonds is 19. The minimum Gasteiger partial charge on any atom is -0.463 e. The van der Waals surface area contributed by atoms with Gasteiger partial charge in [-0.25, -0.2) is 0 Å². The van der Waals surface area contributed by atoms with Gasteiger partial charge in [0.25, 0.3) is 0 Å². The summed E-state index contributed by atoms with van der Waals surface area (Å²) in [4.78, 5) is 11.6. The van der Waals surface area contributed by atoms with Crippen molar-refractivity contribution in [2.75, 3.05) is 19.8 Å². The van der Waals surface area contributed by atoms with Crippen LogP contribution in [0.2, 0.25) is 0 Å². The molecular weight excluding hydrogens is 348 g/mol. The van der Waals surface area contributed by atoms with Gasteiger partial charge >= 0.3 is 5.97 Å². The van der Waals surface area contributed by atoms with Crippen LogP contribution in [0.1, 0.15) is 90.9 Å². The van der Waals surface area contributed by atoms with Crippen LogP contribution < -0.4 is 0 Å². The molecule has 3 atom stereocenters. The third-order valence-electron chi connectivity index (χ3n) is 4.58. The lowest BCUT2D eigenvalue weighted by molar-refractivity contribution is -0.148. The van der Waals surface area contributed by atoms with Crippen molar-refractivity contribution in [3.05, 3.63) is 0 Å². The molecule has 0 radical (unpaired) electrons. The van der Waals surface area contributed by atoms with Crippen LogP contribution in [0.15, 0.2) is 0 Å². The van der Waals surface area contributed by atoms with Crippen LogP contribution in [0.5, 0.6) is 0 Å². The predicted molar refractivity (Wildman–Crippen MR) is 107 cm³/mol. The van der Waals surface area contributed by atoms with E-state index < -0.39 is 18.3 Å². The largest absolute Gasteiger partial charge is 0.463 e. The normalized spacial score (nSPS) is 14.7. The zero-order valence-corrected chi connectivity index (χ0v) is 17.4. The number of carbonyl (C=O) groups excluding carboxylic acids is 1. The number of carbonyl (C=O) groups is 1. The highest BCUT2D eigenvalue weighted by Gasteiger charge is 2.13. The van der Waals surface area contributed by atoms with Crippen LogP contribution in [0, 0.1) is 0 Å². The summed E-state index contributed by atoms with van der Waals surface area (Å²) >= 11 is 0. The Bertz CT molecular complexity index is 335. The second kappa shape index (κ2) is 18.7. The summed E-state index contributed by atoms with van der Waals surface area (Å²) in [6, 6.07) is 0. The maximum Gasteiger partial charge on any atom is 0.305 e. The lowest BCUT2D eigenvalue weighted by Crippen LogP contribution is -2.31. The second-order valence-corrected chi connectivity index (χ2v) is 7.47. The van der Waals surface area contributed by atoms with Crippen molar-refractivity contribution in [3.8, 4) is 0 Å². The van der Waals surface area contributed by atoms with Gasteiger partial charge < -0.3 is 24.8 Å². The second-order valence-electron chi connectivity index (χ2n) is 7.47. The molecule has 27 heavy (non-hydrogen) atoms. The van der Waals surface area contributed by atoms with Crippen molar-refractivity contribution in [1.82, 2.24) is 0 Å². The maximum absolute atomic E-state index is 11.6. The first kappa shape index (κ1) is 26.3. The molecule has 0 aromatic heterocycles. The van der Waals surface area contributed by atoms with Crippen molar-refractivity contribution in [3.63, 3.8) is 0 Å². The summed E-state index contributed by atoms with van der Waals surface area (Å²) in [5, 5.41) is 28.1. The number of aliphatic hydroxyl groups excluding tert-OH is 3. The van der Waals surface area contributed by atoms with Crippen LogP contribution in [0.3, 0.4) is 0 Å². The zero-order valence-electron chi connectivity index (χ0n) is 17.4. The van der Waals surface area contributed by atoms with Crippen LogP contribution >= 0.6 is 0 Å². The molecule has 0 aromatic rings. The third-order valence-corrected chi connectivity index (χ3v) is 4.58. The number of hydrogen-bond acceptors (Lipinski definition) is 6. The van der Waals surface area contributed by atoms with Gasteiger partial charge in [-0.05, 0) is 13.3 Å². The van der Waals surface area contributed by atoms with Gasteiger partial charge in [-0.2, -0.15) is 0 Å². The fraction of sp³-hybridized carbons (Fsp3) is 0.952. The average molecular weight is 391 g/mol. The van der Waals surface area contributed by atoms with E-state index in [0.717, 1.165) is 19.3 Å². The van der Waals surface area contributed by atoms with E-state index in [1.807, 2.05) is 0 Å². The van der Waals surface area contributed by atoms with Crippen molar-refractivity contribution >= 4 is 5.97 Å². The molecule has 0 unspecified atom stereocenters. The molecule has 0 saturated carbocycles. The van der Waals surface area contributed by atoms with Gasteiger partial charge in [-0.3, -0.25) is 4.79 Å². The molecule has 0 aliphatic rings. The summed E-state index contributed by atoms with van der Waals surface area (Å²) in [5.74, 6) is -0.297. The Morgan fingerprint density at radius 2 is 1.30 bits per heavy atom. The molecule has 0 fully saturated rings. The minimum absolute atomic E-state index is 0.0461. The van der Waals surface area contributed by atoms with E-state index in [-0.39, 0.29) is 25.8 Å². The third kappa shape index (κ3) is 18.4. The van der Waals surface area contributed by atoms with E-state index in [4.69, 9.17) is 14.6 Å². The Balaban J connectivity index is 3.38. The summed E-state index contributed by atoms with van der Waals surface area (Å²) in [6.07, 6.45) is 11.2. The molecular formula is C21H42O6. The first-order valence-electron chi connectivity index (χ1n) is 10.7. The fourth-order valence-electron chi connectivity index (χ4n) is 2.71. The van der Waals surface area contributed by atoms with Gasteiger partial charge in [-0.1, -0.05) is 71.1 Å². The molecule has 0 heterocycles. The molecule has 0 rings (SSSR count). The van der Waals surface area contributed by atoms with E-state index in [1.165, 1.54) is 58.3 Å². The Morgan fingerprint density at radius 1 is 0.778 bits per heavy atom. The number of ether oxygens (including phenoxy) is 2. The highest BCUT2D eigenvalue weighted by atomic mass is 16.5. The lowest BCUT2D eigenvalue weighted by Gasteiger charge is -2.16. The highest BCUT2D eigenvalue weighted by molar-refractivity contribution is 5.69. The zero-order chi connectivity index (χ0) is 20.3. The average Bonchev–Trinajstić information content (AvgIpc) is 2.64. The molecule has 0 aliphatic carbocycles. The van der Waals surface area contributed by atoms with E-state index >= 15 is 0 Å². The van der Waals surface area contributed by atoms with Crippen molar-refractivity contribution in [2.24, 2.45) is 0 Å². The first-order chi connectivity index (χ1) is 13.0. The summed E-state index contributed by atoms with van der Waals surface area (Å²) in [6.45, 7) is 3.47. The fourth-order valence-corrected chi connectivity index (χ4v) is 2.71. The Kier molecular flexibility index (Phi) is 18.2. The van der Waals surface area contributed by atoms with Crippen LogP contribution in [0.4, 0.5) is 0 Å². The summed E-state index contributed by atoms with van der Waals surface area (Å²) in [7, 11) is 0. The number of hydrogen-bond donors (Lipinski definition) is 3. The molecule has 0 aromatic carbocycles. The van der Waals surface area contributed by atoms with Gasteiger partial charge in [0, 0.05) is 6.42 Å². The standard InChI is InChI=1S/C21H42O6/c1-3-4-5-6-7-8-9-10-11-12-13-14-21(25)27-16-19(23)15-26-17-20(24)18(2)22/h18-20,22-24H,3-17H2,1-2H3/t18-,19-,20+/m0/s1. The van der Waals surface area contributed by atoms with Crippen molar-refractivity contribution in [2.45, 2.75) is 109 Å². The van der Waals surface area contributed by atoms with Crippen LogP contribution in [-0.4, -0.2) is 59.4 Å². The van der Waals surface area contributed by atoms with Crippen molar-refractivity contribution < 1.29 is 29.6 Å². The quantitative estimate of drug-likeness (QED) is 0.231. The van der Waals surface area contributed by atoms with Crippen molar-refractivity contribution in [1.29, 1.82) is 0 Å². The van der Waals surface area contributed by atoms with Gasteiger partial charge in [-0.15, -0.1) is 0 Å². The van der Waals surface area contributed by atoms with E-state index in [9.17, 15) is 15.0 Å². The smallest absolute Gasteiger partial charge is 0.305 e. The molecule has 0 saturated heterocycles. The number of esters is 1. The van der Waals surface area contributed by atoms with E-state index in [2.05, 4.69) is 6.92 Å². The Labute approximate surface area is 165 Å². The monoisotopic (exact) mass is 390 g/mol. The molecule has 6 nitrogen and oxygen atoms in total. The first-order valence-corrected chi connectivity index (χ1v) is 10.7. The Hall–Kier alpha value is -0.690. The highest BCUT2D eigenvalue weighted by Crippen LogP contribution is 2.12. The molecule has 0 aliphatic heterocycles. The van der Waals surface area contributed by atoms with E-state index in [1.54, 1.807) is 0 Å². The summed E-state index contributed by atoms with van der Waals surface area (Å²) < 4.78 is 10.1. The van der Waals surface area contributed by atoms with Gasteiger partial charge in [0.15, 0.2) is 0 Å². The van der Waals surface area contributed by atoms with Crippen LogP contribution in [-0.2, 0) is 14.3 Å². The molecule has 6 heteroatoms. The molecule has 162 valence electrons. The minimum atomic E-state index is -0.985. The maximum atomic E-state index is 11.6.